The van der Waals surface area contributed by atoms with Crippen molar-refractivity contribution in [2.45, 2.75) is 23.3 Å². The summed E-state index contributed by atoms with van der Waals surface area (Å²) in [5.41, 5.74) is 0.486. The van der Waals surface area contributed by atoms with Gasteiger partial charge in [-0.3, -0.25) is 23.6 Å². The van der Waals surface area contributed by atoms with Crippen LogP contribution in [0.25, 0.3) is 10.9 Å². The van der Waals surface area contributed by atoms with Crippen molar-refractivity contribution in [3.05, 3.63) is 94.6 Å². The highest BCUT2D eigenvalue weighted by molar-refractivity contribution is 9.10. The fraction of sp³-hybridized carbons (Fsp3) is 0.192. The number of carbonyl (C=O) groups excluding carboxylic acids is 1. The van der Waals surface area contributed by atoms with Gasteiger partial charge in [0.1, 0.15) is 15.1 Å². The smallest absolute Gasteiger partial charge is 0.253 e. The number of fused-ring (bicyclic) bond motifs is 1. The first-order valence-electron chi connectivity index (χ1n) is 11.5. The molecule has 37 heavy (non-hydrogen) atoms. The standard InChI is InChI=1S/C26H24BrFN4O4S/c27-24-20(28)10-11-22(30-24)26(34)12-15-32(16-13-26)25(33)18-6-8-19(9-7-18)31-37(35,36)21-5-1-3-17-4-2-14-29-23(17)21/h1-11,14,31,34-36H,12-13,15-16H2. The molecule has 11 heteroatoms. The Morgan fingerprint density at radius 1 is 1.03 bits per heavy atom. The van der Waals surface area contributed by atoms with E-state index in [0.717, 1.165) is 5.39 Å². The van der Waals surface area contributed by atoms with Crippen LogP contribution in [0.5, 0.6) is 0 Å². The second-order valence-corrected chi connectivity index (χ2v) is 11.3. The molecule has 0 atom stereocenters. The molecular formula is C26H24BrFN4O4S. The van der Waals surface area contributed by atoms with Gasteiger partial charge in [0.2, 0.25) is 0 Å². The van der Waals surface area contributed by atoms with E-state index >= 15 is 0 Å². The van der Waals surface area contributed by atoms with Crippen molar-refractivity contribution < 1.29 is 23.4 Å². The average Bonchev–Trinajstić information content (AvgIpc) is 2.90. The van der Waals surface area contributed by atoms with Crippen LogP contribution in [0.3, 0.4) is 0 Å². The molecule has 5 rings (SSSR count). The quantitative estimate of drug-likeness (QED) is 0.218. The van der Waals surface area contributed by atoms with Crippen molar-refractivity contribution in [2.75, 3.05) is 17.8 Å². The highest BCUT2D eigenvalue weighted by Gasteiger charge is 2.37. The van der Waals surface area contributed by atoms with Crippen molar-refractivity contribution in [3.8, 4) is 0 Å². The Kier molecular flexibility index (Phi) is 6.90. The molecule has 1 fully saturated rings. The number of nitrogens with one attached hydrogen (secondary N) is 1. The molecule has 1 saturated heterocycles. The summed E-state index contributed by atoms with van der Waals surface area (Å²) in [7, 11) is -3.41. The maximum Gasteiger partial charge on any atom is 0.253 e. The molecule has 1 amide bonds. The van der Waals surface area contributed by atoms with Crippen LogP contribution in [0.2, 0.25) is 0 Å². The van der Waals surface area contributed by atoms with Gasteiger partial charge in [-0.25, -0.2) is 9.37 Å². The number of pyridine rings is 2. The average molecular weight is 587 g/mol. The number of nitrogens with zero attached hydrogens (tertiary/aromatic N) is 3. The largest absolute Gasteiger partial charge is 0.383 e. The molecule has 1 aliphatic rings. The number of hydrogen-bond acceptors (Lipinski definition) is 7. The molecular weight excluding hydrogens is 563 g/mol. The first-order chi connectivity index (χ1) is 17.7. The Balaban J connectivity index is 1.26. The van der Waals surface area contributed by atoms with Gasteiger partial charge in [0, 0.05) is 30.2 Å². The number of anilines is 1. The lowest BCUT2D eigenvalue weighted by atomic mass is 9.87. The molecule has 3 heterocycles. The molecule has 192 valence electrons. The Hall–Kier alpha value is -3.09. The minimum Gasteiger partial charge on any atom is -0.383 e. The van der Waals surface area contributed by atoms with Gasteiger partial charge < -0.3 is 10.0 Å². The van der Waals surface area contributed by atoms with Crippen LogP contribution in [0.4, 0.5) is 10.1 Å². The summed E-state index contributed by atoms with van der Waals surface area (Å²) in [6, 6.07) is 18.0. The van der Waals surface area contributed by atoms with E-state index in [1.807, 2.05) is 12.1 Å². The van der Waals surface area contributed by atoms with Crippen molar-refractivity contribution in [3.63, 3.8) is 0 Å². The summed E-state index contributed by atoms with van der Waals surface area (Å²) in [6.07, 6.45) is 2.13. The number of carbonyl (C=O) groups is 1. The van der Waals surface area contributed by atoms with E-state index in [0.29, 0.717) is 35.6 Å². The van der Waals surface area contributed by atoms with Crippen LogP contribution in [0.15, 0.2) is 82.4 Å². The van der Waals surface area contributed by atoms with Crippen molar-refractivity contribution in [2.24, 2.45) is 0 Å². The van der Waals surface area contributed by atoms with Crippen LogP contribution in [0.1, 0.15) is 28.9 Å². The van der Waals surface area contributed by atoms with Crippen LogP contribution in [-0.2, 0) is 5.60 Å². The molecule has 4 aromatic rings. The highest BCUT2D eigenvalue weighted by atomic mass is 79.9. The van der Waals surface area contributed by atoms with E-state index < -0.39 is 22.2 Å². The molecule has 4 N–H and O–H groups in total. The zero-order valence-electron chi connectivity index (χ0n) is 19.5. The Morgan fingerprint density at radius 3 is 2.43 bits per heavy atom. The summed E-state index contributed by atoms with van der Waals surface area (Å²) < 4.78 is 38.1. The zero-order chi connectivity index (χ0) is 26.2. The molecule has 1 aliphatic heterocycles. The minimum absolute atomic E-state index is 0.0407. The Morgan fingerprint density at radius 2 is 1.73 bits per heavy atom. The van der Waals surface area contributed by atoms with Gasteiger partial charge in [-0.15, -0.1) is 0 Å². The summed E-state index contributed by atoms with van der Waals surface area (Å²) in [4.78, 5) is 23.4. The van der Waals surface area contributed by atoms with Gasteiger partial charge in [-0.05, 0) is 77.3 Å². The number of rotatable bonds is 5. The van der Waals surface area contributed by atoms with Gasteiger partial charge in [-0.1, -0.05) is 29.0 Å². The predicted octanol–water partition coefficient (Wildman–Crippen LogP) is 5.79. The maximum absolute atomic E-state index is 13.5. The molecule has 0 unspecified atom stereocenters. The number of aliphatic hydroxyl groups is 1. The van der Waals surface area contributed by atoms with Crippen LogP contribution >= 0.6 is 26.7 Å². The minimum atomic E-state index is -3.41. The third kappa shape index (κ3) is 5.18. The molecule has 8 nitrogen and oxygen atoms in total. The number of halogens is 2. The second-order valence-electron chi connectivity index (χ2n) is 8.85. The summed E-state index contributed by atoms with van der Waals surface area (Å²) in [5.74, 6) is -0.709. The number of piperidine rings is 1. The first kappa shape index (κ1) is 25.6. The summed E-state index contributed by atoms with van der Waals surface area (Å²) in [6.45, 7) is 0.612. The van der Waals surface area contributed by atoms with E-state index in [-0.39, 0.29) is 28.2 Å². The summed E-state index contributed by atoms with van der Waals surface area (Å²) >= 11 is 3.05. The summed E-state index contributed by atoms with van der Waals surface area (Å²) in [5, 5.41) is 11.8. The zero-order valence-corrected chi connectivity index (χ0v) is 21.9. The SMILES string of the molecule is O=C(c1ccc(NS(O)(O)c2cccc3cccnc23)cc1)N1CCC(O)(c2ccc(F)c(Br)n2)CC1. The van der Waals surface area contributed by atoms with Crippen LogP contribution in [-0.4, -0.2) is 48.1 Å². The predicted molar refractivity (Wildman–Crippen MR) is 144 cm³/mol. The van der Waals surface area contributed by atoms with Crippen LogP contribution < -0.4 is 4.72 Å². The van der Waals surface area contributed by atoms with E-state index in [2.05, 4.69) is 30.6 Å². The monoisotopic (exact) mass is 586 g/mol. The van der Waals surface area contributed by atoms with Gasteiger partial charge in [-0.2, -0.15) is 0 Å². The molecule has 0 aliphatic carbocycles. The maximum atomic E-state index is 13.5. The molecule has 0 saturated carbocycles. The van der Waals surface area contributed by atoms with E-state index in [4.69, 9.17) is 0 Å². The molecule has 2 aromatic heterocycles. The highest BCUT2D eigenvalue weighted by Crippen LogP contribution is 2.50. The van der Waals surface area contributed by atoms with Crippen molar-refractivity contribution >= 4 is 49.2 Å². The van der Waals surface area contributed by atoms with Crippen LogP contribution in [0, 0.1) is 5.82 Å². The number of aromatic nitrogens is 2. The Labute approximate surface area is 222 Å². The number of amides is 1. The van der Waals surface area contributed by atoms with Gasteiger partial charge in [0.25, 0.3) is 5.91 Å². The normalized spacial score (nSPS) is 16.0. The van der Waals surface area contributed by atoms with Crippen molar-refractivity contribution in [1.29, 1.82) is 0 Å². The second kappa shape index (κ2) is 9.99. The van der Waals surface area contributed by atoms with Crippen molar-refractivity contribution in [1.82, 2.24) is 14.9 Å². The van der Waals surface area contributed by atoms with Gasteiger partial charge in [0.15, 0.2) is 5.82 Å². The van der Waals surface area contributed by atoms with Gasteiger partial charge in [0.05, 0.1) is 16.9 Å². The fourth-order valence-electron chi connectivity index (χ4n) is 4.40. The number of hydrogen-bond donors (Lipinski definition) is 4. The lowest BCUT2D eigenvalue weighted by molar-refractivity contribution is -0.0246. The Bertz CT molecular complexity index is 1460. The number of para-hydroxylation sites is 1. The fourth-order valence-corrected chi connectivity index (χ4v) is 6.01. The topological polar surface area (TPSA) is 119 Å². The van der Waals surface area contributed by atoms with E-state index in [1.54, 1.807) is 53.6 Å². The number of benzene rings is 2. The molecule has 2 aromatic carbocycles. The molecule has 0 spiro atoms. The third-order valence-electron chi connectivity index (χ3n) is 6.45. The number of likely N-dealkylation sites (tertiary alicyclic amines) is 1. The third-order valence-corrected chi connectivity index (χ3v) is 8.47. The first-order valence-corrected chi connectivity index (χ1v) is 13.8. The lowest BCUT2D eigenvalue weighted by Gasteiger charge is -2.38. The molecule has 0 radical (unpaired) electrons. The van der Waals surface area contributed by atoms with E-state index in [1.165, 1.54) is 12.1 Å². The van der Waals surface area contributed by atoms with Gasteiger partial charge >= 0.3 is 0 Å². The molecule has 0 bridgehead atoms. The van der Waals surface area contributed by atoms with E-state index in [9.17, 15) is 23.4 Å². The lowest BCUT2D eigenvalue weighted by Crippen LogP contribution is -2.45.